The Bertz CT molecular complexity index is 3830. The van der Waals surface area contributed by atoms with Crippen LogP contribution in [-0.4, -0.2) is 9.13 Å². The molecule has 0 N–H and O–H groups in total. The van der Waals surface area contributed by atoms with E-state index in [2.05, 4.69) is 228 Å². The maximum Gasteiger partial charge on any atom is 0.135 e. The van der Waals surface area contributed by atoms with Crippen LogP contribution in [0, 0.1) is 0 Å². The standard InChI is InChI=1S/C60H38N2O/c1-3-13-39(14-4-1)45-33-46(40-15-5-2-6-16-40)35-48(34-45)62-56-21-11-8-18-50(56)53-37-44(26-31-58(53)62)43-25-30-57-52(36-43)49-17-7-10-20-55(49)61(57)47-28-23-41(24-29-47)42-27-32-60-54(38-42)51-19-9-12-22-59(51)63-60/h1-38H. The molecule has 0 aliphatic carbocycles. The van der Waals surface area contributed by atoms with Crippen molar-refractivity contribution in [3.8, 4) is 55.9 Å². The van der Waals surface area contributed by atoms with E-state index in [1.54, 1.807) is 0 Å². The third kappa shape index (κ3) is 5.75. The van der Waals surface area contributed by atoms with Gasteiger partial charge in [-0.1, -0.05) is 146 Å². The minimum Gasteiger partial charge on any atom is -0.456 e. The lowest BCUT2D eigenvalue weighted by molar-refractivity contribution is 0.669. The van der Waals surface area contributed by atoms with Gasteiger partial charge in [0.2, 0.25) is 0 Å². The Labute approximate surface area is 363 Å². The number of hydrogen-bond donors (Lipinski definition) is 0. The third-order valence-corrected chi connectivity index (χ3v) is 12.9. The smallest absolute Gasteiger partial charge is 0.135 e. The third-order valence-electron chi connectivity index (χ3n) is 12.9. The van der Waals surface area contributed by atoms with Gasteiger partial charge in [0.15, 0.2) is 0 Å². The van der Waals surface area contributed by atoms with Gasteiger partial charge in [0.05, 0.1) is 22.1 Å². The van der Waals surface area contributed by atoms with E-state index in [0.29, 0.717) is 0 Å². The number of aromatic nitrogens is 2. The molecule has 0 saturated carbocycles. The zero-order valence-electron chi connectivity index (χ0n) is 34.2. The molecule has 3 aromatic heterocycles. The fourth-order valence-electron chi connectivity index (χ4n) is 9.90. The van der Waals surface area contributed by atoms with E-state index in [4.69, 9.17) is 4.42 Å². The van der Waals surface area contributed by atoms with Gasteiger partial charge in [-0.05, 0) is 129 Å². The molecule has 63 heavy (non-hydrogen) atoms. The molecule has 13 rings (SSSR count). The summed E-state index contributed by atoms with van der Waals surface area (Å²) in [6.45, 7) is 0. The van der Waals surface area contributed by atoms with Crippen molar-refractivity contribution in [3.05, 3.63) is 231 Å². The molecule has 0 atom stereocenters. The molecule has 3 nitrogen and oxygen atoms in total. The first-order valence-electron chi connectivity index (χ1n) is 21.6. The fourth-order valence-corrected chi connectivity index (χ4v) is 9.90. The van der Waals surface area contributed by atoms with Crippen LogP contribution in [0.3, 0.4) is 0 Å². The van der Waals surface area contributed by atoms with Crippen LogP contribution in [0.2, 0.25) is 0 Å². The van der Waals surface area contributed by atoms with Crippen LogP contribution in [0.5, 0.6) is 0 Å². The quantitative estimate of drug-likeness (QED) is 0.164. The molecule has 0 spiro atoms. The van der Waals surface area contributed by atoms with Crippen molar-refractivity contribution in [2.24, 2.45) is 0 Å². The van der Waals surface area contributed by atoms with Crippen molar-refractivity contribution < 1.29 is 4.42 Å². The molecule has 0 saturated heterocycles. The Morgan fingerprint density at radius 1 is 0.222 bits per heavy atom. The van der Waals surface area contributed by atoms with Crippen molar-refractivity contribution >= 4 is 65.6 Å². The summed E-state index contributed by atoms with van der Waals surface area (Å²) in [7, 11) is 0. The minimum atomic E-state index is 0.912. The van der Waals surface area contributed by atoms with Crippen molar-refractivity contribution in [2.75, 3.05) is 0 Å². The number of furan rings is 1. The van der Waals surface area contributed by atoms with Gasteiger partial charge in [0, 0.05) is 43.7 Å². The molecular weight excluding hydrogens is 765 g/mol. The Morgan fingerprint density at radius 2 is 0.635 bits per heavy atom. The molecule has 0 amide bonds. The number of fused-ring (bicyclic) bond motifs is 9. The highest BCUT2D eigenvalue weighted by molar-refractivity contribution is 6.13. The van der Waals surface area contributed by atoms with Crippen molar-refractivity contribution in [1.29, 1.82) is 0 Å². The molecule has 0 fully saturated rings. The Kier molecular flexibility index (Phi) is 7.91. The first-order chi connectivity index (χ1) is 31.2. The Hall–Kier alpha value is -8.40. The highest BCUT2D eigenvalue weighted by Crippen LogP contribution is 2.40. The summed E-state index contributed by atoms with van der Waals surface area (Å²) in [5.74, 6) is 0. The van der Waals surface area contributed by atoms with Crippen molar-refractivity contribution in [2.45, 2.75) is 0 Å². The second kappa shape index (κ2) is 14.1. The molecule has 0 radical (unpaired) electrons. The van der Waals surface area contributed by atoms with E-state index in [0.717, 1.165) is 33.3 Å². The fraction of sp³-hybridized carbons (Fsp3) is 0. The first-order valence-corrected chi connectivity index (χ1v) is 21.6. The summed E-state index contributed by atoms with van der Waals surface area (Å²) in [5.41, 5.74) is 18.4. The summed E-state index contributed by atoms with van der Waals surface area (Å²) in [6.07, 6.45) is 0. The van der Waals surface area contributed by atoms with Crippen LogP contribution in [0.1, 0.15) is 0 Å². The summed E-state index contributed by atoms with van der Waals surface area (Å²) >= 11 is 0. The van der Waals surface area contributed by atoms with Gasteiger partial charge in [0.25, 0.3) is 0 Å². The predicted octanol–water partition coefficient (Wildman–Crippen LogP) is 16.4. The van der Waals surface area contributed by atoms with Gasteiger partial charge in [-0.3, -0.25) is 0 Å². The predicted molar refractivity (Wildman–Crippen MR) is 264 cm³/mol. The lowest BCUT2D eigenvalue weighted by Gasteiger charge is -2.14. The van der Waals surface area contributed by atoms with Crippen LogP contribution in [0.15, 0.2) is 235 Å². The minimum absolute atomic E-state index is 0.912. The SMILES string of the molecule is c1ccc(-c2cc(-c3ccccc3)cc(-n3c4ccccc4c4cc(-c5ccc6c(c5)c5ccccc5n6-c5ccc(-c6ccc7oc8ccccc8c7c6)cc5)ccc43)c2)cc1. The zero-order valence-corrected chi connectivity index (χ0v) is 34.2. The molecule has 0 bridgehead atoms. The summed E-state index contributed by atoms with van der Waals surface area (Å²) in [4.78, 5) is 0. The molecule has 10 aromatic carbocycles. The lowest BCUT2D eigenvalue weighted by Crippen LogP contribution is -1.96. The Balaban J connectivity index is 0.915. The highest BCUT2D eigenvalue weighted by atomic mass is 16.3. The van der Waals surface area contributed by atoms with Gasteiger partial charge in [-0.15, -0.1) is 0 Å². The summed E-state index contributed by atoms with van der Waals surface area (Å²) < 4.78 is 10.9. The summed E-state index contributed by atoms with van der Waals surface area (Å²) in [5, 5.41) is 7.22. The molecule has 13 aromatic rings. The molecule has 0 aliphatic rings. The molecule has 3 heterocycles. The first kappa shape index (κ1) is 35.4. The number of nitrogens with zero attached hydrogens (tertiary/aromatic N) is 2. The number of para-hydroxylation sites is 3. The summed E-state index contributed by atoms with van der Waals surface area (Å²) in [6, 6.07) is 83.6. The second-order valence-corrected chi connectivity index (χ2v) is 16.5. The van der Waals surface area contributed by atoms with Crippen molar-refractivity contribution in [1.82, 2.24) is 9.13 Å². The average molecular weight is 803 g/mol. The largest absolute Gasteiger partial charge is 0.456 e. The zero-order chi connectivity index (χ0) is 41.4. The maximum absolute atomic E-state index is 6.11. The van der Waals surface area contributed by atoms with Crippen LogP contribution in [-0.2, 0) is 0 Å². The molecular formula is C60H38N2O. The van der Waals surface area contributed by atoms with Gasteiger partial charge < -0.3 is 13.6 Å². The number of benzene rings is 10. The maximum atomic E-state index is 6.11. The normalized spacial score (nSPS) is 11.8. The van der Waals surface area contributed by atoms with Gasteiger partial charge >= 0.3 is 0 Å². The van der Waals surface area contributed by atoms with Gasteiger partial charge in [-0.2, -0.15) is 0 Å². The van der Waals surface area contributed by atoms with Crippen molar-refractivity contribution in [3.63, 3.8) is 0 Å². The van der Waals surface area contributed by atoms with E-state index in [9.17, 15) is 0 Å². The van der Waals surface area contributed by atoms with E-state index in [-0.39, 0.29) is 0 Å². The highest BCUT2D eigenvalue weighted by Gasteiger charge is 2.18. The average Bonchev–Trinajstić information content (AvgIpc) is 4.01. The monoisotopic (exact) mass is 802 g/mol. The lowest BCUT2D eigenvalue weighted by atomic mass is 9.98. The van der Waals surface area contributed by atoms with Crippen LogP contribution >= 0.6 is 0 Å². The number of rotatable bonds is 6. The van der Waals surface area contributed by atoms with E-state index in [1.165, 1.54) is 88.1 Å². The van der Waals surface area contributed by atoms with E-state index < -0.39 is 0 Å². The van der Waals surface area contributed by atoms with E-state index in [1.807, 2.05) is 12.1 Å². The van der Waals surface area contributed by atoms with Gasteiger partial charge in [-0.25, -0.2) is 0 Å². The van der Waals surface area contributed by atoms with Crippen LogP contribution in [0.4, 0.5) is 0 Å². The van der Waals surface area contributed by atoms with E-state index >= 15 is 0 Å². The molecule has 294 valence electrons. The number of hydrogen-bond acceptors (Lipinski definition) is 1. The Morgan fingerprint density at radius 3 is 1.24 bits per heavy atom. The second-order valence-electron chi connectivity index (χ2n) is 16.5. The topological polar surface area (TPSA) is 23.0 Å². The molecule has 0 aliphatic heterocycles. The van der Waals surface area contributed by atoms with Gasteiger partial charge in [0.1, 0.15) is 11.2 Å². The molecule has 3 heteroatoms. The van der Waals surface area contributed by atoms with Crippen LogP contribution in [0.25, 0.3) is 121 Å². The molecule has 0 unspecified atom stereocenters. The van der Waals surface area contributed by atoms with Crippen LogP contribution < -0.4 is 0 Å².